The molecule has 0 fully saturated rings. The first-order valence-electron chi connectivity index (χ1n) is 2.94. The van der Waals surface area contributed by atoms with Crippen molar-refractivity contribution in [2.45, 2.75) is 5.54 Å². The molecule has 0 aliphatic heterocycles. The highest BCUT2D eigenvalue weighted by atomic mass is 32.2. The molecule has 0 rings (SSSR count). The molecule has 0 saturated carbocycles. The zero-order chi connectivity index (χ0) is 10.6. The Morgan fingerprint density at radius 2 is 1.77 bits per heavy atom. The second-order valence-corrected chi connectivity index (χ2v) is 3.00. The lowest BCUT2D eigenvalue weighted by atomic mass is 10.1. The molecular weight excluding hydrogens is 206 g/mol. The maximum absolute atomic E-state index is 10.3. The van der Waals surface area contributed by atoms with Crippen LogP contribution in [0.1, 0.15) is 0 Å². The number of nitro groups is 1. The lowest BCUT2D eigenvalue weighted by Gasteiger charge is -2.16. The molecule has 0 aromatic rings. The third-order valence-electron chi connectivity index (χ3n) is 1.43. The molecule has 0 unspecified atom stereocenters. The van der Waals surface area contributed by atoms with Gasteiger partial charge >= 0.3 is 5.54 Å². The van der Waals surface area contributed by atoms with Gasteiger partial charge in [-0.3, -0.25) is 10.1 Å². The Morgan fingerprint density at radius 1 is 1.38 bits per heavy atom. The second kappa shape index (κ2) is 4.28. The van der Waals surface area contributed by atoms with E-state index in [9.17, 15) is 18.5 Å². The Labute approximate surface area is 73.7 Å². The first kappa shape index (κ1) is 12.0. The molecule has 76 valence electrons. The van der Waals surface area contributed by atoms with Crippen LogP contribution in [0.15, 0.2) is 0 Å². The van der Waals surface area contributed by atoms with E-state index in [1.54, 1.807) is 0 Å². The second-order valence-electron chi connectivity index (χ2n) is 2.14. The maximum Gasteiger partial charge on any atom is 0.327 e. The quantitative estimate of drug-likeness (QED) is 0.267. The molecule has 8 nitrogen and oxygen atoms in total. The van der Waals surface area contributed by atoms with Gasteiger partial charge in [-0.25, -0.2) is 0 Å². The van der Waals surface area contributed by atoms with E-state index in [0.717, 1.165) is 0 Å². The Morgan fingerprint density at radius 3 is 1.85 bits per heavy atom. The first-order chi connectivity index (χ1) is 5.92. The SMILES string of the molecule is O=[N+]([O-])C(CO)(CO)C(O)=S(=O)=O. The lowest BCUT2D eigenvalue weighted by Crippen LogP contribution is -2.53. The summed E-state index contributed by atoms with van der Waals surface area (Å²) in [6.45, 7) is -2.62. The van der Waals surface area contributed by atoms with Crippen molar-refractivity contribution in [1.82, 2.24) is 0 Å². The highest BCUT2D eigenvalue weighted by Crippen LogP contribution is 2.08. The van der Waals surface area contributed by atoms with Crippen LogP contribution in [0, 0.1) is 10.1 Å². The van der Waals surface area contributed by atoms with E-state index in [1.165, 1.54) is 0 Å². The fourth-order valence-corrected chi connectivity index (χ4v) is 1.05. The first-order valence-corrected chi connectivity index (χ1v) is 4.01. The summed E-state index contributed by atoms with van der Waals surface area (Å²) < 4.78 is 20.3. The van der Waals surface area contributed by atoms with E-state index in [2.05, 4.69) is 0 Å². The number of rotatable bonds is 4. The molecule has 0 bridgehead atoms. The highest BCUT2D eigenvalue weighted by molar-refractivity contribution is 7.72. The van der Waals surface area contributed by atoms with Crippen LogP contribution in [0.3, 0.4) is 0 Å². The smallest absolute Gasteiger partial charge is 0.327 e. The number of hydrogen-bond acceptors (Lipinski definition) is 6. The monoisotopic (exact) mass is 213 g/mol. The Balaban J connectivity index is 5.51. The molecule has 0 atom stereocenters. The van der Waals surface area contributed by atoms with Crippen LogP contribution >= 0.6 is 0 Å². The van der Waals surface area contributed by atoms with Crippen molar-refractivity contribution in [3.63, 3.8) is 0 Å². The third-order valence-corrected chi connectivity index (χ3v) is 2.12. The van der Waals surface area contributed by atoms with Gasteiger partial charge in [0.15, 0.2) is 0 Å². The van der Waals surface area contributed by atoms with Crippen LogP contribution in [0.5, 0.6) is 0 Å². The molecule has 0 heterocycles. The lowest BCUT2D eigenvalue weighted by molar-refractivity contribution is -0.555. The molecule has 0 aromatic carbocycles. The standard InChI is InChI=1S/C4H7NO7S/c6-1-4(2-7,5(9)10)3(8)13(11)12/h6-8H,1-2H2. The van der Waals surface area contributed by atoms with Crippen LogP contribution in [-0.2, 0) is 10.3 Å². The number of nitrogens with zero attached hydrogens (tertiary/aromatic N) is 1. The predicted octanol–water partition coefficient (Wildman–Crippen LogP) is -2.45. The van der Waals surface area contributed by atoms with Gasteiger partial charge in [0.25, 0.3) is 5.05 Å². The summed E-state index contributed by atoms with van der Waals surface area (Å²) in [5, 5.41) is 34.4. The Hall–Kier alpha value is -1.03. The minimum absolute atomic E-state index is 1.27. The Kier molecular flexibility index (Phi) is 3.94. The largest absolute Gasteiger partial charge is 0.388 e. The molecule has 0 saturated heterocycles. The van der Waals surface area contributed by atoms with Crippen molar-refractivity contribution in [3.05, 3.63) is 10.1 Å². The van der Waals surface area contributed by atoms with Gasteiger partial charge in [0.1, 0.15) is 13.2 Å². The van der Waals surface area contributed by atoms with Crippen molar-refractivity contribution in [3.8, 4) is 0 Å². The number of hydrogen-bond donors (Lipinski definition) is 3. The molecule has 0 amide bonds. The van der Waals surface area contributed by atoms with E-state index < -0.39 is 39.0 Å². The molecular formula is C4H7NO7S. The fraction of sp³-hybridized carbons (Fsp3) is 0.750. The van der Waals surface area contributed by atoms with Gasteiger partial charge in [-0.05, 0) is 0 Å². The normalized spacial score (nSPS) is 11.0. The van der Waals surface area contributed by atoms with Gasteiger partial charge in [0.2, 0.25) is 10.3 Å². The van der Waals surface area contributed by atoms with Gasteiger partial charge in [-0.15, -0.1) is 0 Å². The Bertz CT molecular complexity index is 318. The fourth-order valence-electron chi connectivity index (χ4n) is 0.534. The summed E-state index contributed by atoms with van der Waals surface area (Å²) in [6, 6.07) is 0. The molecule has 9 heteroatoms. The summed E-state index contributed by atoms with van der Waals surface area (Å²) in [6.07, 6.45) is 0. The minimum atomic E-state index is -3.24. The van der Waals surface area contributed by atoms with Crippen LogP contribution in [0.2, 0.25) is 0 Å². The summed E-state index contributed by atoms with van der Waals surface area (Å²) in [5.41, 5.74) is -2.74. The third kappa shape index (κ3) is 2.01. The van der Waals surface area contributed by atoms with Gasteiger partial charge < -0.3 is 15.3 Å². The maximum atomic E-state index is 10.3. The summed E-state index contributed by atoms with van der Waals surface area (Å²) in [5.74, 6) is 0. The zero-order valence-corrected chi connectivity index (χ0v) is 7.06. The molecule has 0 aliphatic carbocycles. The number of aliphatic hydroxyl groups is 3. The van der Waals surface area contributed by atoms with Crippen LogP contribution < -0.4 is 0 Å². The van der Waals surface area contributed by atoms with Gasteiger partial charge in [0.05, 0.1) is 0 Å². The average Bonchev–Trinajstić information content (AvgIpc) is 2.06. The zero-order valence-electron chi connectivity index (χ0n) is 6.24. The summed E-state index contributed by atoms with van der Waals surface area (Å²) in [4.78, 5) is 9.00. The van der Waals surface area contributed by atoms with Crippen molar-refractivity contribution in [1.29, 1.82) is 0 Å². The number of aliphatic hydroxyl groups excluding tert-OH is 3. The molecule has 3 N–H and O–H groups in total. The molecule has 0 aromatic heterocycles. The van der Waals surface area contributed by atoms with Crippen molar-refractivity contribution < 1.29 is 28.7 Å². The van der Waals surface area contributed by atoms with E-state index >= 15 is 0 Å². The van der Waals surface area contributed by atoms with E-state index in [0.29, 0.717) is 0 Å². The van der Waals surface area contributed by atoms with E-state index in [-0.39, 0.29) is 0 Å². The van der Waals surface area contributed by atoms with Crippen LogP contribution in [0.25, 0.3) is 0 Å². The predicted molar refractivity (Wildman–Crippen MR) is 40.5 cm³/mol. The van der Waals surface area contributed by atoms with Gasteiger partial charge in [-0.2, -0.15) is 8.42 Å². The summed E-state index contributed by atoms with van der Waals surface area (Å²) >= 11 is 0. The van der Waals surface area contributed by atoms with Crippen molar-refractivity contribution in [2.75, 3.05) is 13.2 Å². The average molecular weight is 213 g/mol. The van der Waals surface area contributed by atoms with Gasteiger partial charge in [0, 0.05) is 4.92 Å². The van der Waals surface area contributed by atoms with Gasteiger partial charge in [-0.1, -0.05) is 0 Å². The van der Waals surface area contributed by atoms with E-state index in [4.69, 9.17) is 15.3 Å². The van der Waals surface area contributed by atoms with E-state index in [1.807, 2.05) is 0 Å². The minimum Gasteiger partial charge on any atom is -0.388 e. The molecule has 0 aliphatic rings. The molecule has 0 radical (unpaired) electrons. The van der Waals surface area contributed by atoms with Crippen molar-refractivity contribution >= 4 is 15.3 Å². The van der Waals surface area contributed by atoms with Crippen molar-refractivity contribution in [2.24, 2.45) is 0 Å². The van der Waals surface area contributed by atoms with Crippen LogP contribution in [-0.4, -0.2) is 52.5 Å². The topological polar surface area (TPSA) is 138 Å². The molecule has 13 heavy (non-hydrogen) atoms. The highest BCUT2D eigenvalue weighted by Gasteiger charge is 2.48. The van der Waals surface area contributed by atoms with Crippen LogP contribution in [0.4, 0.5) is 0 Å². The summed E-state index contributed by atoms with van der Waals surface area (Å²) in [7, 11) is -3.24. The molecule has 0 spiro atoms.